The number of hydrogen-bond donors (Lipinski definition) is 3. The third-order valence-corrected chi connectivity index (χ3v) is 7.22. The molecule has 9 heteroatoms. The number of aryl methyl sites for hydroxylation is 1. The summed E-state index contributed by atoms with van der Waals surface area (Å²) in [7, 11) is 0. The van der Waals surface area contributed by atoms with Crippen molar-refractivity contribution in [2.75, 3.05) is 23.8 Å². The van der Waals surface area contributed by atoms with Gasteiger partial charge in [-0.3, -0.25) is 0 Å². The summed E-state index contributed by atoms with van der Waals surface area (Å²) in [6.45, 7) is 1.41. The van der Waals surface area contributed by atoms with E-state index in [2.05, 4.69) is 49.9 Å². The van der Waals surface area contributed by atoms with Gasteiger partial charge in [-0.05, 0) is 42.5 Å². The number of nitrogens with one attached hydrogen (secondary N) is 3. The van der Waals surface area contributed by atoms with Crippen LogP contribution >= 0.6 is 0 Å². The Morgan fingerprint density at radius 2 is 1.95 bits per heavy atom. The third-order valence-electron chi connectivity index (χ3n) is 7.22. The Morgan fingerprint density at radius 3 is 2.87 bits per heavy atom. The maximum atomic E-state index is 14.4. The molecule has 3 aromatic heterocycles. The van der Waals surface area contributed by atoms with Gasteiger partial charge in [0.2, 0.25) is 11.6 Å². The van der Waals surface area contributed by atoms with Crippen molar-refractivity contribution in [1.29, 1.82) is 0 Å². The van der Waals surface area contributed by atoms with Crippen LogP contribution in [0.1, 0.15) is 23.2 Å². The molecule has 1 aliphatic carbocycles. The summed E-state index contributed by atoms with van der Waals surface area (Å²) in [6, 6.07) is 19.7. The van der Waals surface area contributed by atoms with Crippen molar-refractivity contribution in [2.45, 2.75) is 31.9 Å². The molecule has 0 saturated heterocycles. The number of nitrogens with zero attached hydrogens (tertiary/aromatic N) is 3. The van der Waals surface area contributed by atoms with Crippen LogP contribution in [0.25, 0.3) is 22.3 Å². The lowest BCUT2D eigenvalue weighted by Crippen LogP contribution is -2.29. The molecule has 0 bridgehead atoms. The van der Waals surface area contributed by atoms with E-state index in [0.29, 0.717) is 48.5 Å². The van der Waals surface area contributed by atoms with Gasteiger partial charge in [0.15, 0.2) is 17.5 Å². The Balaban J connectivity index is 1.22. The van der Waals surface area contributed by atoms with Gasteiger partial charge in [-0.25, -0.2) is 19.3 Å². The fourth-order valence-electron chi connectivity index (χ4n) is 5.36. The quantitative estimate of drug-likeness (QED) is 0.271. The molecule has 8 nitrogen and oxygen atoms in total. The second-order valence-corrected chi connectivity index (χ2v) is 9.84. The second kappa shape index (κ2) is 9.90. The zero-order valence-electron chi connectivity index (χ0n) is 21.2. The van der Waals surface area contributed by atoms with Crippen LogP contribution in [-0.4, -0.2) is 39.1 Å². The second-order valence-electron chi connectivity index (χ2n) is 9.84. The standard InChI is InChI=1S/C30H27FN6O2/c31-19-14-23(30(33-16-19)39-17-18-6-2-1-3-7-18)27-36-28-26(38-13-12-32-28)29(37-27)34-20-10-11-25-22(15-20)21-8-4-5-9-24(21)35-25/h1-9,14,16,20,35H,10-13,15,17H2,(H2,32,34,36,37)/t20-/m1/s1. The average molecular weight is 523 g/mol. The van der Waals surface area contributed by atoms with Crippen molar-refractivity contribution < 1.29 is 13.9 Å². The van der Waals surface area contributed by atoms with Crippen molar-refractivity contribution >= 4 is 22.5 Å². The van der Waals surface area contributed by atoms with E-state index in [9.17, 15) is 4.39 Å². The average Bonchev–Trinajstić information content (AvgIpc) is 3.35. The van der Waals surface area contributed by atoms with Crippen LogP contribution < -0.4 is 20.1 Å². The highest BCUT2D eigenvalue weighted by molar-refractivity contribution is 5.85. The highest BCUT2D eigenvalue weighted by atomic mass is 19.1. The maximum absolute atomic E-state index is 14.4. The molecule has 0 amide bonds. The summed E-state index contributed by atoms with van der Waals surface area (Å²) in [4.78, 5) is 17.3. The minimum atomic E-state index is -0.490. The predicted octanol–water partition coefficient (Wildman–Crippen LogP) is 5.51. The van der Waals surface area contributed by atoms with Gasteiger partial charge in [-0.15, -0.1) is 0 Å². The smallest absolute Gasteiger partial charge is 0.225 e. The predicted molar refractivity (Wildman–Crippen MR) is 148 cm³/mol. The number of aromatic amines is 1. The molecule has 0 unspecified atom stereocenters. The van der Waals surface area contributed by atoms with Crippen molar-refractivity contribution in [3.63, 3.8) is 0 Å². The topological polar surface area (TPSA) is 97.0 Å². The molecule has 5 aromatic rings. The van der Waals surface area contributed by atoms with Crippen molar-refractivity contribution in [3.8, 4) is 23.0 Å². The molecule has 0 saturated carbocycles. The lowest BCUT2D eigenvalue weighted by atomic mass is 9.91. The summed E-state index contributed by atoms with van der Waals surface area (Å²) in [5.41, 5.74) is 5.16. The summed E-state index contributed by atoms with van der Waals surface area (Å²) in [6.07, 6.45) is 3.87. The Hall–Kier alpha value is -4.66. The first kappa shape index (κ1) is 23.5. The van der Waals surface area contributed by atoms with Crippen molar-refractivity contribution in [1.82, 2.24) is 19.9 Å². The molecular weight excluding hydrogens is 495 g/mol. The minimum absolute atomic E-state index is 0.147. The zero-order valence-corrected chi connectivity index (χ0v) is 21.2. The first-order valence-corrected chi connectivity index (χ1v) is 13.2. The van der Waals surface area contributed by atoms with Crippen molar-refractivity contribution in [3.05, 3.63) is 89.5 Å². The van der Waals surface area contributed by atoms with Crippen LogP contribution in [0.4, 0.5) is 16.0 Å². The number of anilines is 2. The largest absolute Gasteiger partial charge is 0.485 e. The number of rotatable bonds is 6. The fourth-order valence-corrected chi connectivity index (χ4v) is 5.36. The van der Waals surface area contributed by atoms with Crippen LogP contribution in [-0.2, 0) is 19.4 Å². The van der Waals surface area contributed by atoms with Crippen LogP contribution in [0.3, 0.4) is 0 Å². The van der Waals surface area contributed by atoms with Crippen molar-refractivity contribution in [2.24, 2.45) is 0 Å². The van der Waals surface area contributed by atoms with Crippen LogP contribution in [0.2, 0.25) is 0 Å². The first-order chi connectivity index (χ1) is 19.2. The van der Waals surface area contributed by atoms with Gasteiger partial charge in [0.05, 0.1) is 18.3 Å². The highest BCUT2D eigenvalue weighted by Gasteiger charge is 2.27. The lowest BCUT2D eigenvalue weighted by Gasteiger charge is -2.27. The molecule has 4 heterocycles. The molecule has 1 atom stereocenters. The number of halogens is 1. The molecule has 3 N–H and O–H groups in total. The van der Waals surface area contributed by atoms with E-state index in [1.165, 1.54) is 28.2 Å². The van der Waals surface area contributed by atoms with Gasteiger partial charge in [-0.2, -0.15) is 0 Å². The molecule has 0 radical (unpaired) electrons. The molecule has 2 aromatic carbocycles. The number of benzene rings is 2. The van der Waals surface area contributed by atoms with Gasteiger partial charge < -0.3 is 25.1 Å². The zero-order chi connectivity index (χ0) is 26.2. The monoisotopic (exact) mass is 522 g/mol. The molecule has 39 heavy (non-hydrogen) atoms. The number of ether oxygens (including phenoxy) is 2. The lowest BCUT2D eigenvalue weighted by molar-refractivity contribution is 0.294. The third kappa shape index (κ3) is 4.60. The van der Waals surface area contributed by atoms with Crippen LogP contribution in [0, 0.1) is 5.82 Å². The summed E-state index contributed by atoms with van der Waals surface area (Å²) in [5.74, 6) is 1.81. The van der Waals surface area contributed by atoms with Gasteiger partial charge in [-0.1, -0.05) is 48.5 Å². The van der Waals surface area contributed by atoms with E-state index in [-0.39, 0.29) is 11.9 Å². The maximum Gasteiger partial charge on any atom is 0.225 e. The Morgan fingerprint density at radius 1 is 1.08 bits per heavy atom. The normalized spacial score (nSPS) is 16.1. The molecule has 1 aliphatic heterocycles. The Bertz CT molecular complexity index is 1650. The van der Waals surface area contributed by atoms with Crippen LogP contribution in [0.5, 0.6) is 11.6 Å². The van der Waals surface area contributed by atoms with Gasteiger partial charge in [0.1, 0.15) is 19.0 Å². The minimum Gasteiger partial charge on any atom is -0.485 e. The summed E-state index contributed by atoms with van der Waals surface area (Å²) >= 11 is 0. The fraction of sp³-hybridized carbons (Fsp3) is 0.233. The SMILES string of the molecule is Fc1cnc(OCc2ccccc2)c(-c2nc3c(c(N[C@@H]4CCc5[nH]c6ccccc6c5C4)n2)OCCN3)c1. The van der Waals surface area contributed by atoms with Gasteiger partial charge >= 0.3 is 0 Å². The number of fused-ring (bicyclic) bond motifs is 4. The molecule has 2 aliphatic rings. The number of para-hydroxylation sites is 1. The van der Waals surface area contributed by atoms with E-state index >= 15 is 0 Å². The number of H-pyrrole nitrogens is 1. The summed E-state index contributed by atoms with van der Waals surface area (Å²) < 4.78 is 26.4. The number of pyridine rings is 1. The highest BCUT2D eigenvalue weighted by Crippen LogP contribution is 2.38. The Labute approximate surface area is 224 Å². The van der Waals surface area contributed by atoms with Crippen LogP contribution in [0.15, 0.2) is 66.9 Å². The molecule has 0 spiro atoms. The molecular formula is C30H27FN6O2. The Kier molecular flexibility index (Phi) is 5.96. The van der Waals surface area contributed by atoms with E-state index in [1.807, 2.05) is 30.3 Å². The number of hydrogen-bond acceptors (Lipinski definition) is 7. The molecule has 196 valence electrons. The van der Waals surface area contributed by atoms with Gasteiger partial charge in [0, 0.05) is 22.6 Å². The summed E-state index contributed by atoms with van der Waals surface area (Å²) in [5, 5.41) is 8.18. The van der Waals surface area contributed by atoms with Gasteiger partial charge in [0.25, 0.3) is 0 Å². The first-order valence-electron chi connectivity index (χ1n) is 13.2. The molecule has 7 rings (SSSR count). The van der Waals surface area contributed by atoms with E-state index in [1.54, 1.807) is 0 Å². The van der Waals surface area contributed by atoms with E-state index in [4.69, 9.17) is 14.5 Å². The molecule has 0 fully saturated rings. The van der Waals surface area contributed by atoms with E-state index in [0.717, 1.165) is 31.0 Å². The number of aromatic nitrogens is 4. The van der Waals surface area contributed by atoms with E-state index < -0.39 is 5.82 Å².